The second kappa shape index (κ2) is 10.5. The first kappa shape index (κ1) is 25.6. The normalized spacial score (nSPS) is 16.7. The highest BCUT2D eigenvalue weighted by molar-refractivity contribution is 5.67. The lowest BCUT2D eigenvalue weighted by atomic mass is 9.82. The van der Waals surface area contributed by atoms with Gasteiger partial charge in [-0.3, -0.25) is 0 Å². The summed E-state index contributed by atoms with van der Waals surface area (Å²) in [6.45, 7) is 9.61. The second-order valence-electron chi connectivity index (χ2n) is 8.71. The maximum Gasteiger partial charge on any atom is 0.166 e. The molecule has 2 aromatic rings. The number of halogens is 6. The Kier molecular flexibility index (Phi) is 7.90. The van der Waals surface area contributed by atoms with E-state index in [-0.39, 0.29) is 52.2 Å². The van der Waals surface area contributed by atoms with Gasteiger partial charge in [-0.25, -0.2) is 26.3 Å². The third kappa shape index (κ3) is 5.21. The zero-order chi connectivity index (χ0) is 25.2. The van der Waals surface area contributed by atoms with Crippen LogP contribution in [0.4, 0.5) is 26.3 Å². The van der Waals surface area contributed by atoms with Crippen LogP contribution in [0.2, 0.25) is 0 Å². The molecular weight excluding hydrogens is 450 g/mol. The fourth-order valence-corrected chi connectivity index (χ4v) is 4.11. The number of benzene rings is 2. The average molecular weight is 477 g/mol. The summed E-state index contributed by atoms with van der Waals surface area (Å²) in [4.78, 5) is 0. The van der Waals surface area contributed by atoms with Crippen molar-refractivity contribution >= 4 is 5.57 Å². The average Bonchev–Trinajstić information content (AvgIpc) is 2.82. The van der Waals surface area contributed by atoms with Crippen LogP contribution in [0.15, 0.2) is 66.3 Å². The monoisotopic (exact) mass is 476 g/mol. The molecule has 0 saturated carbocycles. The lowest BCUT2D eigenvalue weighted by molar-refractivity contribution is 0.475. The summed E-state index contributed by atoms with van der Waals surface area (Å²) in [5.74, 6) is -6.30. The quantitative estimate of drug-likeness (QED) is 0.276. The second-order valence-corrected chi connectivity index (χ2v) is 8.71. The van der Waals surface area contributed by atoms with Gasteiger partial charge in [-0.2, -0.15) is 0 Å². The molecular formula is C28H26F6. The predicted octanol–water partition coefficient (Wildman–Crippen LogP) is 9.12. The van der Waals surface area contributed by atoms with Gasteiger partial charge in [0.05, 0.1) is 0 Å². The maximum absolute atomic E-state index is 14.8. The van der Waals surface area contributed by atoms with Crippen molar-refractivity contribution in [2.24, 2.45) is 0 Å². The van der Waals surface area contributed by atoms with Gasteiger partial charge in [0.15, 0.2) is 34.9 Å². The van der Waals surface area contributed by atoms with Crippen LogP contribution in [-0.2, 0) is 6.42 Å². The van der Waals surface area contributed by atoms with E-state index in [4.69, 9.17) is 0 Å². The zero-order valence-electron chi connectivity index (χ0n) is 19.2. The minimum absolute atomic E-state index is 0.0254. The Morgan fingerprint density at radius 3 is 2.24 bits per heavy atom. The summed E-state index contributed by atoms with van der Waals surface area (Å²) in [5.41, 5.74) is 0.989. The molecule has 0 spiro atoms. The summed E-state index contributed by atoms with van der Waals surface area (Å²) in [6, 6.07) is 5.97. The van der Waals surface area contributed by atoms with Gasteiger partial charge >= 0.3 is 0 Å². The Morgan fingerprint density at radius 2 is 1.62 bits per heavy atom. The van der Waals surface area contributed by atoms with E-state index in [0.717, 1.165) is 0 Å². The van der Waals surface area contributed by atoms with Gasteiger partial charge in [-0.1, -0.05) is 43.5 Å². The van der Waals surface area contributed by atoms with Gasteiger partial charge in [0.1, 0.15) is 0 Å². The molecule has 0 bridgehead atoms. The molecule has 0 amide bonds. The zero-order valence-corrected chi connectivity index (χ0v) is 19.2. The molecule has 3 rings (SSSR count). The van der Waals surface area contributed by atoms with Crippen LogP contribution in [0.25, 0.3) is 5.57 Å². The van der Waals surface area contributed by atoms with E-state index >= 15 is 0 Å². The topological polar surface area (TPSA) is 0 Å². The van der Waals surface area contributed by atoms with Crippen molar-refractivity contribution in [1.29, 1.82) is 0 Å². The lowest BCUT2D eigenvalue weighted by Crippen LogP contribution is -2.09. The highest BCUT2D eigenvalue weighted by Crippen LogP contribution is 2.39. The third-order valence-electron chi connectivity index (χ3n) is 6.24. The Balaban J connectivity index is 1.74. The van der Waals surface area contributed by atoms with E-state index in [9.17, 15) is 26.3 Å². The van der Waals surface area contributed by atoms with E-state index in [1.54, 1.807) is 12.1 Å². The number of rotatable bonds is 7. The molecule has 1 aliphatic carbocycles. The Hall–Kier alpha value is -3.02. The molecule has 1 atom stereocenters. The molecule has 0 aromatic heterocycles. The lowest BCUT2D eigenvalue weighted by Gasteiger charge is -2.24. The summed E-state index contributed by atoms with van der Waals surface area (Å²) in [7, 11) is 0. The van der Waals surface area contributed by atoms with Crippen LogP contribution < -0.4 is 0 Å². The molecule has 0 nitrogen and oxygen atoms in total. The van der Waals surface area contributed by atoms with Crippen LogP contribution in [-0.4, -0.2) is 0 Å². The molecule has 0 aliphatic heterocycles. The largest absolute Gasteiger partial charge is 0.203 e. The van der Waals surface area contributed by atoms with Crippen molar-refractivity contribution < 1.29 is 26.3 Å². The summed E-state index contributed by atoms with van der Waals surface area (Å²) < 4.78 is 85.4. The molecule has 2 aromatic carbocycles. The van der Waals surface area contributed by atoms with Gasteiger partial charge in [0, 0.05) is 5.56 Å². The summed E-state index contributed by atoms with van der Waals surface area (Å²) in [6.07, 6.45) is 2.79. The smallest absolute Gasteiger partial charge is 0.166 e. The summed E-state index contributed by atoms with van der Waals surface area (Å²) >= 11 is 0. The molecule has 0 saturated heterocycles. The van der Waals surface area contributed by atoms with E-state index in [0.29, 0.717) is 24.8 Å². The number of hydrogen-bond donors (Lipinski definition) is 0. The van der Waals surface area contributed by atoms with Crippen LogP contribution in [0.3, 0.4) is 0 Å². The summed E-state index contributed by atoms with van der Waals surface area (Å²) in [5, 5.41) is 0. The Labute approximate surface area is 196 Å². The third-order valence-corrected chi connectivity index (χ3v) is 6.24. The maximum atomic E-state index is 14.8. The minimum Gasteiger partial charge on any atom is -0.203 e. The van der Waals surface area contributed by atoms with Crippen molar-refractivity contribution in [2.45, 2.75) is 51.9 Å². The SMILES string of the molecule is C=C(C)/C(F)=C(/F)C(=C)CCc1ccc(C2=CCC(c3ccc(C)c(F)c3F)CC2)c(F)c1F. The molecule has 34 heavy (non-hydrogen) atoms. The molecule has 1 aliphatic rings. The molecule has 0 fully saturated rings. The highest BCUT2D eigenvalue weighted by Gasteiger charge is 2.24. The number of allylic oxidation sites excluding steroid dienone is 6. The Morgan fingerprint density at radius 1 is 0.912 bits per heavy atom. The van der Waals surface area contributed by atoms with Crippen molar-refractivity contribution in [3.63, 3.8) is 0 Å². The fraction of sp³-hybridized carbons (Fsp3) is 0.286. The first-order valence-corrected chi connectivity index (χ1v) is 11.0. The van der Waals surface area contributed by atoms with Crippen molar-refractivity contribution in [3.8, 4) is 0 Å². The van der Waals surface area contributed by atoms with Crippen LogP contribution >= 0.6 is 0 Å². The predicted molar refractivity (Wildman–Crippen MR) is 124 cm³/mol. The van der Waals surface area contributed by atoms with Gasteiger partial charge in [0.2, 0.25) is 0 Å². The van der Waals surface area contributed by atoms with E-state index in [1.165, 1.54) is 32.0 Å². The van der Waals surface area contributed by atoms with Crippen molar-refractivity contribution in [3.05, 3.63) is 112 Å². The van der Waals surface area contributed by atoms with Crippen molar-refractivity contribution in [1.82, 2.24) is 0 Å². The van der Waals surface area contributed by atoms with Crippen LogP contribution in [0.5, 0.6) is 0 Å². The number of hydrogen-bond acceptors (Lipinski definition) is 0. The number of aryl methyl sites for hydroxylation is 2. The highest BCUT2D eigenvalue weighted by atomic mass is 19.2. The van der Waals surface area contributed by atoms with Gasteiger partial charge in [-0.05, 0) is 85.3 Å². The minimum atomic E-state index is -1.14. The standard InChI is InChI=1S/C28H26F6/c1-15(2)23(29)24(30)16(3)5-7-20-12-14-22(28(34)26(20)32)19-10-8-18(9-11-19)21-13-6-17(4)25(31)27(21)33/h6,10,12-14,18H,1,3,5,7-9,11H2,2,4H3/b24-23-. The van der Waals surface area contributed by atoms with Gasteiger partial charge in [0.25, 0.3) is 0 Å². The van der Waals surface area contributed by atoms with E-state index < -0.39 is 34.9 Å². The first-order chi connectivity index (χ1) is 16.0. The van der Waals surface area contributed by atoms with Crippen molar-refractivity contribution in [2.75, 3.05) is 0 Å². The molecule has 0 N–H and O–H groups in total. The van der Waals surface area contributed by atoms with Gasteiger partial charge < -0.3 is 0 Å². The Bertz CT molecular complexity index is 1200. The van der Waals surface area contributed by atoms with Crippen LogP contribution in [0.1, 0.15) is 60.8 Å². The molecule has 0 radical (unpaired) electrons. The first-order valence-electron chi connectivity index (χ1n) is 11.0. The van der Waals surface area contributed by atoms with E-state index in [2.05, 4.69) is 13.2 Å². The fourth-order valence-electron chi connectivity index (χ4n) is 4.11. The molecule has 0 heterocycles. The van der Waals surface area contributed by atoms with Crippen LogP contribution in [0, 0.1) is 30.2 Å². The van der Waals surface area contributed by atoms with E-state index in [1.807, 2.05) is 0 Å². The molecule has 1 unspecified atom stereocenters. The van der Waals surface area contributed by atoms with Gasteiger partial charge in [-0.15, -0.1) is 0 Å². The molecule has 180 valence electrons. The molecule has 6 heteroatoms.